The molecule has 0 atom stereocenters. The molecule has 1 heteroatoms. The Balaban J connectivity index is 1.55. The predicted octanol–water partition coefficient (Wildman–Crippen LogP) is 10.3. The van der Waals surface area contributed by atoms with Gasteiger partial charge in [-0.3, -0.25) is 0 Å². The van der Waals surface area contributed by atoms with Gasteiger partial charge >= 0.3 is 0 Å². The van der Waals surface area contributed by atoms with E-state index in [1.807, 2.05) is 0 Å². The Morgan fingerprint density at radius 3 is 1.16 bits per heavy atom. The summed E-state index contributed by atoms with van der Waals surface area (Å²) >= 11 is 0. The fourth-order valence-corrected chi connectivity index (χ4v) is 6.31. The number of aryl methyl sites for hydroxylation is 6. The van der Waals surface area contributed by atoms with Crippen LogP contribution in [0.1, 0.15) is 33.4 Å². The van der Waals surface area contributed by atoms with Gasteiger partial charge in [0, 0.05) is 11.1 Å². The zero-order chi connectivity index (χ0) is 25.8. The molecule has 1 aliphatic heterocycles. The van der Waals surface area contributed by atoms with Crippen LogP contribution in [-0.2, 0) is 0 Å². The van der Waals surface area contributed by atoms with Crippen LogP contribution in [0.3, 0.4) is 0 Å². The standard InChI is InChI=1S/C36H32O/c1-21-15-23(3)35(24(4)16-21)27-11-13-33-31(19-27)29-9-7-8-10-30(29)32-20-28(12-14-34(32)37-33)36-25(5)17-22(2)18-26(36)6/h7-20H,1-6H3. The fraction of sp³-hybridized carbons (Fsp3) is 0.167. The molecule has 1 nitrogen and oxygen atoms in total. The molecular weight excluding hydrogens is 448 g/mol. The second-order valence-corrected chi connectivity index (χ2v) is 10.6. The van der Waals surface area contributed by atoms with Gasteiger partial charge in [-0.1, -0.05) is 71.8 Å². The quantitative estimate of drug-likeness (QED) is 0.239. The highest BCUT2D eigenvalue weighted by atomic mass is 16.5. The Morgan fingerprint density at radius 2 is 0.784 bits per heavy atom. The number of hydrogen-bond acceptors (Lipinski definition) is 1. The van der Waals surface area contributed by atoms with E-state index in [4.69, 9.17) is 4.74 Å². The van der Waals surface area contributed by atoms with Crippen molar-refractivity contribution in [2.24, 2.45) is 0 Å². The first-order valence-corrected chi connectivity index (χ1v) is 13.0. The SMILES string of the molecule is Cc1cc(C)c(-c2ccc3c(c2)-c2ccccc2-c2cc(-c4c(C)cc(C)cc4C)ccc2O3)c(C)c1. The maximum absolute atomic E-state index is 6.63. The van der Waals surface area contributed by atoms with E-state index in [0.717, 1.165) is 22.6 Å². The molecule has 0 amide bonds. The molecule has 0 radical (unpaired) electrons. The molecule has 182 valence electrons. The van der Waals surface area contributed by atoms with E-state index in [1.165, 1.54) is 66.8 Å². The van der Waals surface area contributed by atoms with Gasteiger partial charge in [-0.2, -0.15) is 0 Å². The molecular formula is C36H32O. The molecule has 0 unspecified atom stereocenters. The molecule has 0 aromatic heterocycles. The molecule has 5 aromatic rings. The van der Waals surface area contributed by atoms with E-state index in [0.29, 0.717) is 0 Å². The lowest BCUT2D eigenvalue weighted by Gasteiger charge is -2.15. The van der Waals surface area contributed by atoms with Crippen LogP contribution >= 0.6 is 0 Å². The zero-order valence-electron chi connectivity index (χ0n) is 22.5. The summed E-state index contributed by atoms with van der Waals surface area (Å²) < 4.78 is 6.63. The molecule has 6 rings (SSSR count). The lowest BCUT2D eigenvalue weighted by Crippen LogP contribution is -1.93. The highest BCUT2D eigenvalue weighted by Crippen LogP contribution is 2.49. The van der Waals surface area contributed by atoms with Crippen LogP contribution < -0.4 is 4.74 Å². The predicted molar refractivity (Wildman–Crippen MR) is 157 cm³/mol. The van der Waals surface area contributed by atoms with Crippen LogP contribution in [0.2, 0.25) is 0 Å². The monoisotopic (exact) mass is 480 g/mol. The molecule has 0 saturated carbocycles. The molecule has 0 bridgehead atoms. The van der Waals surface area contributed by atoms with E-state index >= 15 is 0 Å². The highest BCUT2D eigenvalue weighted by molar-refractivity contribution is 5.94. The van der Waals surface area contributed by atoms with E-state index < -0.39 is 0 Å². The maximum atomic E-state index is 6.63. The molecule has 5 aromatic carbocycles. The Bertz CT molecular complexity index is 1530. The Kier molecular flexibility index (Phi) is 5.53. The van der Waals surface area contributed by atoms with Gasteiger partial charge in [0.25, 0.3) is 0 Å². The normalized spacial score (nSPS) is 11.7. The van der Waals surface area contributed by atoms with Crippen LogP contribution in [-0.4, -0.2) is 0 Å². The Labute approximate surface area is 220 Å². The van der Waals surface area contributed by atoms with Crippen LogP contribution in [0.4, 0.5) is 0 Å². The van der Waals surface area contributed by atoms with E-state index in [1.54, 1.807) is 0 Å². The van der Waals surface area contributed by atoms with E-state index in [2.05, 4.69) is 126 Å². The molecule has 0 spiro atoms. The van der Waals surface area contributed by atoms with Gasteiger partial charge in [0.15, 0.2) is 0 Å². The smallest absolute Gasteiger partial charge is 0.135 e. The summed E-state index contributed by atoms with van der Waals surface area (Å²) in [7, 11) is 0. The van der Waals surface area contributed by atoms with Crippen LogP contribution in [0.5, 0.6) is 11.5 Å². The summed E-state index contributed by atoms with van der Waals surface area (Å²) in [5, 5.41) is 0. The second-order valence-electron chi connectivity index (χ2n) is 10.6. The number of benzene rings is 5. The topological polar surface area (TPSA) is 9.23 Å². The summed E-state index contributed by atoms with van der Waals surface area (Å²) in [6.07, 6.45) is 0. The van der Waals surface area contributed by atoms with Crippen molar-refractivity contribution in [2.75, 3.05) is 0 Å². The third-order valence-corrected chi connectivity index (χ3v) is 7.62. The van der Waals surface area contributed by atoms with Gasteiger partial charge in [0.05, 0.1) is 0 Å². The number of fused-ring (bicyclic) bond motifs is 5. The summed E-state index contributed by atoms with van der Waals surface area (Å²) in [6.45, 7) is 13.2. The Hall–Kier alpha value is -4.10. The summed E-state index contributed by atoms with van der Waals surface area (Å²) in [5.74, 6) is 1.79. The van der Waals surface area contributed by atoms with Crippen LogP contribution in [0, 0.1) is 41.5 Å². The molecule has 0 fully saturated rings. The van der Waals surface area contributed by atoms with Crippen molar-refractivity contribution in [3.63, 3.8) is 0 Å². The fourth-order valence-electron chi connectivity index (χ4n) is 6.31. The van der Waals surface area contributed by atoms with Crippen molar-refractivity contribution < 1.29 is 4.74 Å². The highest BCUT2D eigenvalue weighted by Gasteiger charge is 2.22. The first-order valence-electron chi connectivity index (χ1n) is 13.0. The molecule has 1 aliphatic rings. The largest absolute Gasteiger partial charge is 0.456 e. The number of hydrogen-bond donors (Lipinski definition) is 0. The minimum atomic E-state index is 0.896. The molecule has 1 heterocycles. The average molecular weight is 481 g/mol. The lowest BCUT2D eigenvalue weighted by atomic mass is 9.88. The first kappa shape index (κ1) is 23.3. The van der Waals surface area contributed by atoms with Gasteiger partial charge < -0.3 is 4.74 Å². The van der Waals surface area contributed by atoms with Gasteiger partial charge in [0.2, 0.25) is 0 Å². The number of ether oxygens (including phenoxy) is 1. The van der Waals surface area contributed by atoms with Gasteiger partial charge in [-0.05, 0) is 121 Å². The molecule has 0 saturated heterocycles. The summed E-state index contributed by atoms with van der Waals surface area (Å²) in [6, 6.07) is 31.1. The minimum Gasteiger partial charge on any atom is -0.456 e. The third kappa shape index (κ3) is 3.96. The van der Waals surface area contributed by atoms with Crippen molar-refractivity contribution in [1.82, 2.24) is 0 Å². The second kappa shape index (κ2) is 8.78. The Morgan fingerprint density at radius 1 is 0.405 bits per heavy atom. The molecule has 0 N–H and O–H groups in total. The van der Waals surface area contributed by atoms with E-state index in [-0.39, 0.29) is 0 Å². The van der Waals surface area contributed by atoms with Crippen LogP contribution in [0.15, 0.2) is 84.9 Å². The lowest BCUT2D eigenvalue weighted by molar-refractivity contribution is 0.488. The summed E-state index contributed by atoms with van der Waals surface area (Å²) in [4.78, 5) is 0. The molecule has 0 aliphatic carbocycles. The van der Waals surface area contributed by atoms with E-state index in [9.17, 15) is 0 Å². The zero-order valence-corrected chi connectivity index (χ0v) is 22.5. The van der Waals surface area contributed by atoms with Crippen molar-refractivity contribution in [2.45, 2.75) is 41.5 Å². The molecule has 37 heavy (non-hydrogen) atoms. The van der Waals surface area contributed by atoms with Crippen LogP contribution in [0.25, 0.3) is 44.5 Å². The van der Waals surface area contributed by atoms with Crippen molar-refractivity contribution in [3.8, 4) is 56.0 Å². The average Bonchev–Trinajstić information content (AvgIpc) is 2.97. The third-order valence-electron chi connectivity index (χ3n) is 7.62. The first-order chi connectivity index (χ1) is 17.8. The summed E-state index contributed by atoms with van der Waals surface area (Å²) in [5.41, 5.74) is 17.5. The minimum absolute atomic E-state index is 0.896. The maximum Gasteiger partial charge on any atom is 0.135 e. The van der Waals surface area contributed by atoms with Gasteiger partial charge in [-0.25, -0.2) is 0 Å². The number of rotatable bonds is 2. The van der Waals surface area contributed by atoms with Crippen molar-refractivity contribution in [1.29, 1.82) is 0 Å². The van der Waals surface area contributed by atoms with Gasteiger partial charge in [-0.15, -0.1) is 0 Å². The van der Waals surface area contributed by atoms with Crippen molar-refractivity contribution >= 4 is 0 Å². The van der Waals surface area contributed by atoms with Gasteiger partial charge in [0.1, 0.15) is 11.5 Å². The van der Waals surface area contributed by atoms with Crippen molar-refractivity contribution in [3.05, 3.63) is 118 Å².